The Labute approximate surface area is 198 Å². The SMILES string of the molecule is CS(C)(C1=C(c2ccccc2)c2ccccc2C1)C1C=C(c2ccccc2)c2ccccc21. The first kappa shape index (κ1) is 20.3. The lowest BCUT2D eigenvalue weighted by Crippen LogP contribution is -2.09. The molecular formula is C32H28S. The Bertz CT molecular complexity index is 1390. The molecule has 2 aliphatic carbocycles. The summed E-state index contributed by atoms with van der Waals surface area (Å²) in [5, 5.41) is 0.409. The number of hydrogen-bond donors (Lipinski definition) is 0. The molecule has 1 heteroatoms. The minimum atomic E-state index is -1.15. The lowest BCUT2D eigenvalue weighted by Gasteiger charge is -2.40. The van der Waals surface area contributed by atoms with E-state index in [9.17, 15) is 0 Å². The van der Waals surface area contributed by atoms with E-state index >= 15 is 0 Å². The average molecular weight is 445 g/mol. The van der Waals surface area contributed by atoms with Gasteiger partial charge in [0, 0.05) is 11.7 Å². The highest BCUT2D eigenvalue weighted by Gasteiger charge is 2.38. The smallest absolute Gasteiger partial charge is 0.0367 e. The van der Waals surface area contributed by atoms with Gasteiger partial charge in [0.2, 0.25) is 0 Å². The fraction of sp³-hybridized carbons (Fsp3) is 0.125. The van der Waals surface area contributed by atoms with Crippen LogP contribution in [0.1, 0.15) is 38.6 Å². The molecule has 0 aromatic heterocycles. The van der Waals surface area contributed by atoms with Crippen molar-refractivity contribution in [3.8, 4) is 0 Å². The number of allylic oxidation sites excluding steroid dienone is 1. The van der Waals surface area contributed by atoms with Gasteiger partial charge in [0.1, 0.15) is 0 Å². The molecule has 0 fully saturated rings. The molecule has 6 rings (SSSR count). The van der Waals surface area contributed by atoms with Crippen LogP contribution in [0.2, 0.25) is 0 Å². The van der Waals surface area contributed by atoms with Crippen molar-refractivity contribution in [3.63, 3.8) is 0 Å². The summed E-state index contributed by atoms with van der Waals surface area (Å²) in [4.78, 5) is 1.63. The maximum atomic E-state index is 2.56. The normalized spacial score (nSPS) is 17.5. The molecule has 1 atom stereocenters. The van der Waals surface area contributed by atoms with Crippen LogP contribution in [-0.4, -0.2) is 12.5 Å². The Morgan fingerprint density at radius 1 is 0.606 bits per heavy atom. The molecule has 0 nitrogen and oxygen atoms in total. The predicted octanol–water partition coefficient (Wildman–Crippen LogP) is 8.25. The van der Waals surface area contributed by atoms with Gasteiger partial charge in [0.25, 0.3) is 0 Å². The van der Waals surface area contributed by atoms with Gasteiger partial charge in [-0.15, -0.1) is 0 Å². The molecule has 162 valence electrons. The van der Waals surface area contributed by atoms with Crippen LogP contribution in [0.3, 0.4) is 0 Å². The van der Waals surface area contributed by atoms with E-state index in [-0.39, 0.29) is 0 Å². The van der Waals surface area contributed by atoms with Crippen molar-refractivity contribution in [1.82, 2.24) is 0 Å². The molecule has 0 spiro atoms. The fourth-order valence-electron chi connectivity index (χ4n) is 5.53. The molecule has 33 heavy (non-hydrogen) atoms. The monoisotopic (exact) mass is 444 g/mol. The van der Waals surface area contributed by atoms with E-state index in [0.717, 1.165) is 6.42 Å². The minimum Gasteiger partial charge on any atom is -0.213 e. The third-order valence-electron chi connectivity index (χ3n) is 7.21. The van der Waals surface area contributed by atoms with Crippen LogP contribution >= 0.6 is 10.0 Å². The average Bonchev–Trinajstić information content (AvgIpc) is 3.45. The van der Waals surface area contributed by atoms with Gasteiger partial charge in [-0.05, 0) is 61.9 Å². The Balaban J connectivity index is 1.54. The zero-order chi connectivity index (χ0) is 22.4. The van der Waals surface area contributed by atoms with Crippen LogP contribution in [0.15, 0.2) is 120 Å². The molecule has 0 N–H and O–H groups in total. The zero-order valence-corrected chi connectivity index (χ0v) is 20.0. The van der Waals surface area contributed by atoms with Crippen LogP contribution in [0, 0.1) is 0 Å². The summed E-state index contributed by atoms with van der Waals surface area (Å²) in [7, 11) is -1.15. The molecule has 0 amide bonds. The standard InChI is InChI=1S/C32H28S/c1-33(2,30-22-29(23-13-5-3-6-14-23)27-19-11-12-20-28(27)30)31-21-25-17-9-10-18-26(25)32(31)24-15-7-4-8-16-24/h3-20,22,30H,21H2,1-2H3. The van der Waals surface area contributed by atoms with E-state index in [1.54, 1.807) is 4.91 Å². The third-order valence-corrected chi connectivity index (χ3v) is 10.5. The van der Waals surface area contributed by atoms with Gasteiger partial charge in [-0.2, -0.15) is 0 Å². The van der Waals surface area contributed by atoms with Gasteiger partial charge >= 0.3 is 0 Å². The molecule has 0 heterocycles. The summed E-state index contributed by atoms with van der Waals surface area (Å²) in [5.74, 6) is 0. The first-order valence-corrected chi connectivity index (χ1v) is 14.1. The van der Waals surface area contributed by atoms with Crippen LogP contribution in [-0.2, 0) is 6.42 Å². The summed E-state index contributed by atoms with van der Waals surface area (Å²) in [5.41, 5.74) is 11.3. The topological polar surface area (TPSA) is 0 Å². The first-order chi connectivity index (χ1) is 16.1. The number of benzene rings is 4. The largest absolute Gasteiger partial charge is 0.213 e. The van der Waals surface area contributed by atoms with Crippen LogP contribution in [0.5, 0.6) is 0 Å². The fourth-order valence-corrected chi connectivity index (χ4v) is 8.44. The second kappa shape index (κ2) is 7.93. The van der Waals surface area contributed by atoms with E-state index in [0.29, 0.717) is 5.25 Å². The van der Waals surface area contributed by atoms with Crippen molar-refractivity contribution in [2.24, 2.45) is 0 Å². The highest BCUT2D eigenvalue weighted by Crippen LogP contribution is 2.68. The van der Waals surface area contributed by atoms with Crippen LogP contribution in [0.25, 0.3) is 11.1 Å². The Morgan fingerprint density at radius 3 is 1.91 bits per heavy atom. The summed E-state index contributed by atoms with van der Waals surface area (Å²) in [6.07, 6.45) is 8.68. The summed E-state index contributed by atoms with van der Waals surface area (Å²) < 4.78 is 0. The molecule has 0 bridgehead atoms. The van der Waals surface area contributed by atoms with E-state index in [2.05, 4.69) is 128 Å². The molecule has 2 aliphatic rings. The highest BCUT2D eigenvalue weighted by molar-refractivity contribution is 8.36. The number of hydrogen-bond acceptors (Lipinski definition) is 0. The van der Waals surface area contributed by atoms with Crippen molar-refractivity contribution in [1.29, 1.82) is 0 Å². The molecule has 0 radical (unpaired) electrons. The van der Waals surface area contributed by atoms with E-state index < -0.39 is 10.0 Å². The summed E-state index contributed by atoms with van der Waals surface area (Å²) in [6, 6.07) is 39.9. The first-order valence-electron chi connectivity index (χ1n) is 11.6. The van der Waals surface area contributed by atoms with Gasteiger partial charge in [-0.25, -0.2) is 10.0 Å². The van der Waals surface area contributed by atoms with Gasteiger partial charge in [-0.3, -0.25) is 0 Å². The van der Waals surface area contributed by atoms with Crippen LogP contribution < -0.4 is 0 Å². The molecule has 4 aromatic carbocycles. The second-order valence-electron chi connectivity index (χ2n) is 9.36. The number of rotatable bonds is 4. The Hall–Kier alpha value is -3.29. The Morgan fingerprint density at radius 2 is 1.18 bits per heavy atom. The minimum absolute atomic E-state index is 0.409. The molecular weight excluding hydrogens is 416 g/mol. The van der Waals surface area contributed by atoms with Crippen molar-refractivity contribution in [2.75, 3.05) is 12.5 Å². The van der Waals surface area contributed by atoms with Gasteiger partial charge in [-0.1, -0.05) is 115 Å². The molecule has 4 aromatic rings. The third kappa shape index (κ3) is 3.31. The zero-order valence-electron chi connectivity index (χ0n) is 19.2. The molecule has 1 unspecified atom stereocenters. The number of fused-ring (bicyclic) bond motifs is 2. The molecule has 0 saturated carbocycles. The predicted molar refractivity (Wildman–Crippen MR) is 145 cm³/mol. The quantitative estimate of drug-likeness (QED) is 0.297. The van der Waals surface area contributed by atoms with E-state index in [1.165, 1.54) is 44.5 Å². The summed E-state index contributed by atoms with van der Waals surface area (Å²) in [6.45, 7) is 0. The van der Waals surface area contributed by atoms with E-state index in [4.69, 9.17) is 0 Å². The highest BCUT2D eigenvalue weighted by atomic mass is 32.3. The molecule has 0 saturated heterocycles. The molecule has 0 aliphatic heterocycles. The van der Waals surface area contributed by atoms with Crippen LogP contribution in [0.4, 0.5) is 0 Å². The Kier molecular flexibility index (Phi) is 4.89. The van der Waals surface area contributed by atoms with Gasteiger partial charge in [0.15, 0.2) is 0 Å². The van der Waals surface area contributed by atoms with E-state index in [1.807, 2.05) is 0 Å². The van der Waals surface area contributed by atoms with Crippen molar-refractivity contribution < 1.29 is 0 Å². The maximum Gasteiger partial charge on any atom is 0.0367 e. The summed E-state index contributed by atoms with van der Waals surface area (Å²) >= 11 is 0. The van der Waals surface area contributed by atoms with Crippen molar-refractivity contribution >= 4 is 21.2 Å². The van der Waals surface area contributed by atoms with Gasteiger partial charge in [0.05, 0.1) is 0 Å². The lowest BCUT2D eigenvalue weighted by atomic mass is 9.99. The van der Waals surface area contributed by atoms with Crippen molar-refractivity contribution in [3.05, 3.63) is 154 Å². The second-order valence-corrected chi connectivity index (χ2v) is 13.2. The van der Waals surface area contributed by atoms with Gasteiger partial charge < -0.3 is 0 Å². The van der Waals surface area contributed by atoms with Crippen molar-refractivity contribution in [2.45, 2.75) is 11.7 Å². The maximum absolute atomic E-state index is 2.56. The lowest BCUT2D eigenvalue weighted by molar-refractivity contribution is 1.22.